The van der Waals surface area contributed by atoms with Crippen molar-refractivity contribution < 1.29 is 1.43 Å². The smallest absolute Gasteiger partial charge is 0 e. The lowest BCUT2D eigenvalue weighted by atomic mass is 9.70. The van der Waals surface area contributed by atoms with Gasteiger partial charge in [0, 0.05) is 1.43 Å². The molecule has 0 radical (unpaired) electrons. The monoisotopic (exact) mass is 1130 g/mol. The number of fused-ring (bicyclic) bond motifs is 2. The highest BCUT2D eigenvalue weighted by Crippen LogP contribution is 2.41. The van der Waals surface area contributed by atoms with Crippen molar-refractivity contribution in [3.05, 3.63) is 190 Å². The Kier molecular flexibility index (Phi) is 43.3. The van der Waals surface area contributed by atoms with E-state index in [0.29, 0.717) is 0 Å². The van der Waals surface area contributed by atoms with Crippen LogP contribution in [-0.4, -0.2) is 0 Å². The lowest BCUT2D eigenvalue weighted by molar-refractivity contribution is 0.155. The maximum Gasteiger partial charge on any atom is 0 e. The van der Waals surface area contributed by atoms with Crippen LogP contribution in [0.3, 0.4) is 0 Å². The third-order valence-electron chi connectivity index (χ3n) is 17.6. The summed E-state index contributed by atoms with van der Waals surface area (Å²) in [5.74, 6) is 8.34. The summed E-state index contributed by atoms with van der Waals surface area (Å²) in [5, 5.41) is 5.41. The number of hydrogen-bond acceptors (Lipinski definition) is 0. The molecule has 0 bridgehead atoms. The van der Waals surface area contributed by atoms with Crippen molar-refractivity contribution in [3.63, 3.8) is 0 Å². The second kappa shape index (κ2) is 43.6. The molecule has 0 heterocycles. The summed E-state index contributed by atoms with van der Waals surface area (Å²) in [6.07, 6.45) is 24.0. The first-order valence-electron chi connectivity index (χ1n) is 30.5. The van der Waals surface area contributed by atoms with Gasteiger partial charge in [-0.15, -0.1) is 0 Å². The van der Waals surface area contributed by atoms with E-state index in [9.17, 15) is 0 Å². The van der Waals surface area contributed by atoms with Crippen molar-refractivity contribution in [1.29, 1.82) is 0 Å². The lowest BCUT2D eigenvalue weighted by Crippen LogP contribution is -2.24. The Balaban J connectivity index is -0.000000442. The maximum atomic E-state index is 2.43. The minimum Gasteiger partial charge on any atom is -0.0776 e. The Morgan fingerprint density at radius 3 is 0.687 bits per heavy atom. The Morgan fingerprint density at radius 2 is 0.446 bits per heavy atom. The van der Waals surface area contributed by atoms with E-state index < -0.39 is 0 Å². The Labute approximate surface area is 520 Å². The van der Waals surface area contributed by atoms with Crippen molar-refractivity contribution in [2.24, 2.45) is 47.3 Å². The fourth-order valence-corrected chi connectivity index (χ4v) is 11.6. The number of hydrogen-bond donors (Lipinski definition) is 0. The number of rotatable bonds is 2. The molecule has 7 aromatic rings. The fourth-order valence-electron chi connectivity index (χ4n) is 11.6. The third kappa shape index (κ3) is 30.6. The van der Waals surface area contributed by atoms with E-state index in [4.69, 9.17) is 0 Å². The SMILES string of the molecule is C.C.C.C.C.C.C.CC1CCC(C)CC1.CC1CCC(C)CC1.CC1CCC(C2CCC(C)CC2)CC1.Cc1ccc(-c2ccc(C)cc2)cc1.Cc1ccc(C)cc1.Cc1ccc2cc(C)ccc2c1.Cc1cccc2c(C)cccc12.[2HH]. The predicted molar refractivity (Wildman–Crippen MR) is 389 cm³/mol. The van der Waals surface area contributed by atoms with Crippen LogP contribution in [0.4, 0.5) is 0 Å². The van der Waals surface area contributed by atoms with Gasteiger partial charge >= 0.3 is 0 Å². The van der Waals surface area contributed by atoms with Crippen LogP contribution in [0.2, 0.25) is 0 Å². The first kappa shape index (κ1) is 82.3. The number of aryl methyl sites for hydroxylation is 8. The molecular weight excluding hydrogens is 997 g/mol. The van der Waals surface area contributed by atoms with Crippen molar-refractivity contribution in [2.75, 3.05) is 0 Å². The zero-order valence-corrected chi connectivity index (χ0v) is 50.8. The summed E-state index contributed by atoms with van der Waals surface area (Å²) in [5.41, 5.74) is 13.2. The van der Waals surface area contributed by atoms with Crippen LogP contribution in [0.25, 0.3) is 32.7 Å². The van der Waals surface area contributed by atoms with Crippen LogP contribution in [0.1, 0.15) is 242 Å². The summed E-state index contributed by atoms with van der Waals surface area (Å²) >= 11 is 0. The minimum absolute atomic E-state index is 0. The molecule has 7 aromatic carbocycles. The van der Waals surface area contributed by atoms with E-state index in [1.54, 1.807) is 25.7 Å². The van der Waals surface area contributed by atoms with E-state index in [1.165, 1.54) is 154 Å². The average molecular weight is 1140 g/mol. The molecule has 0 aliphatic heterocycles. The van der Waals surface area contributed by atoms with Gasteiger partial charge in [-0.3, -0.25) is 0 Å². The lowest BCUT2D eigenvalue weighted by Gasteiger charge is -2.36. The molecule has 11 rings (SSSR count). The largest absolute Gasteiger partial charge is 0.0776 e. The molecule has 83 heavy (non-hydrogen) atoms. The highest BCUT2D eigenvalue weighted by molar-refractivity contribution is 5.88. The molecule has 0 amide bonds. The van der Waals surface area contributed by atoms with E-state index in [0.717, 1.165) is 47.3 Å². The van der Waals surface area contributed by atoms with E-state index in [2.05, 4.69) is 243 Å². The van der Waals surface area contributed by atoms with E-state index in [-0.39, 0.29) is 53.4 Å². The van der Waals surface area contributed by atoms with Gasteiger partial charge in [-0.1, -0.05) is 350 Å². The molecule has 0 N–H and O–H groups in total. The molecule has 4 aliphatic carbocycles. The van der Waals surface area contributed by atoms with Crippen molar-refractivity contribution in [1.82, 2.24) is 0 Å². The quantitative estimate of drug-likeness (QED) is 0.162. The summed E-state index contributed by atoms with van der Waals surface area (Å²) in [6.45, 7) is 31.3. The van der Waals surface area contributed by atoms with Crippen LogP contribution < -0.4 is 0 Å². The van der Waals surface area contributed by atoms with Gasteiger partial charge in [0.1, 0.15) is 0 Å². The maximum absolute atomic E-state index is 2.43. The Bertz CT molecular complexity index is 2450. The van der Waals surface area contributed by atoms with Gasteiger partial charge in [0.25, 0.3) is 0 Å². The second-order valence-electron chi connectivity index (χ2n) is 25.3. The zero-order valence-electron chi connectivity index (χ0n) is 50.8. The highest BCUT2D eigenvalue weighted by Gasteiger charge is 2.28. The van der Waals surface area contributed by atoms with Crippen LogP contribution in [0, 0.1) is 103 Å². The van der Waals surface area contributed by atoms with Gasteiger partial charge in [0.15, 0.2) is 0 Å². The Hall–Kier alpha value is -4.94. The molecule has 0 spiro atoms. The molecular formula is C83H136. The molecule has 0 aromatic heterocycles. The Morgan fingerprint density at radius 1 is 0.241 bits per heavy atom. The molecule has 0 unspecified atom stereocenters. The van der Waals surface area contributed by atoms with Crippen LogP contribution in [-0.2, 0) is 0 Å². The highest BCUT2D eigenvalue weighted by atomic mass is 14.3. The summed E-state index contributed by atoms with van der Waals surface area (Å²) < 4.78 is 0. The number of benzene rings is 7. The molecule has 4 fully saturated rings. The summed E-state index contributed by atoms with van der Waals surface area (Å²) in [7, 11) is 0. The van der Waals surface area contributed by atoms with E-state index >= 15 is 0 Å². The van der Waals surface area contributed by atoms with Gasteiger partial charge in [-0.2, -0.15) is 0 Å². The molecule has 4 aliphatic rings. The normalized spacial score (nSPS) is 20.9. The van der Waals surface area contributed by atoms with Gasteiger partial charge in [-0.25, -0.2) is 0 Å². The third-order valence-corrected chi connectivity index (χ3v) is 17.6. The van der Waals surface area contributed by atoms with E-state index in [1.807, 2.05) is 0 Å². The van der Waals surface area contributed by atoms with Gasteiger partial charge in [-0.05, 0) is 172 Å². The van der Waals surface area contributed by atoms with Gasteiger partial charge in [0.2, 0.25) is 0 Å². The molecule has 0 heteroatoms. The van der Waals surface area contributed by atoms with Crippen molar-refractivity contribution >= 4 is 21.5 Å². The molecule has 0 saturated heterocycles. The van der Waals surface area contributed by atoms with Crippen LogP contribution in [0.5, 0.6) is 0 Å². The molecule has 468 valence electrons. The molecule has 4 saturated carbocycles. The standard InChI is InChI=1S/C14H26.C14H14.2C12H12.2C8H16.C8H10.7CH4.H2/c2*1-11-3-7-13(8-4-11)14-9-5-12(2)6-10-14;1-9-3-5-12-8-10(2)4-6-11(12)7-9;1-9-5-3-8-12-10(2)6-4-7-11(9)12;3*1-7-3-5-8(2)6-4-7;;;;;;;;/h11-14H,3-10H2,1-2H3;3-10H,1-2H3;2*3-8H,1-2H3;2*7-8H,3-6H2,1-2H3;3-6H,1-2H3;7*1H4;1H/i;;;;;;;;;;;;;;1+1. The second-order valence-corrected chi connectivity index (χ2v) is 25.3. The zero-order chi connectivity index (χ0) is 55.0. The molecule has 0 nitrogen and oxygen atoms in total. The summed E-state index contributed by atoms with van der Waals surface area (Å²) in [6, 6.07) is 51.7. The van der Waals surface area contributed by atoms with Crippen molar-refractivity contribution in [3.8, 4) is 11.1 Å². The summed E-state index contributed by atoms with van der Waals surface area (Å²) in [4.78, 5) is 0. The van der Waals surface area contributed by atoms with Crippen LogP contribution >= 0.6 is 0 Å². The first-order chi connectivity index (χ1) is 36.4. The minimum atomic E-state index is 0. The van der Waals surface area contributed by atoms with Crippen molar-refractivity contribution in [2.45, 2.75) is 252 Å². The topological polar surface area (TPSA) is 0 Å². The van der Waals surface area contributed by atoms with Gasteiger partial charge < -0.3 is 0 Å². The average Bonchev–Trinajstić information content (AvgIpc) is 3.49. The fraction of sp³-hybridized carbons (Fsp3) is 0.542. The van der Waals surface area contributed by atoms with Gasteiger partial charge in [0.05, 0.1) is 0 Å². The predicted octanol–water partition coefficient (Wildman–Crippen LogP) is 28.2. The molecule has 0 atom stereocenters. The first-order valence-corrected chi connectivity index (χ1v) is 30.5. The van der Waals surface area contributed by atoms with Crippen LogP contribution in [0.15, 0.2) is 146 Å².